The number of hydrogen-bond acceptors (Lipinski definition) is 2. The van der Waals surface area contributed by atoms with Crippen LogP contribution in [0.5, 0.6) is 0 Å². The quantitative estimate of drug-likeness (QED) is 0.514. The summed E-state index contributed by atoms with van der Waals surface area (Å²) in [5.74, 6) is 0.000772. The van der Waals surface area contributed by atoms with Crippen molar-refractivity contribution < 1.29 is 0 Å². The zero-order valence-corrected chi connectivity index (χ0v) is 7.62. The van der Waals surface area contributed by atoms with Gasteiger partial charge in [0.1, 0.15) is 0 Å². The van der Waals surface area contributed by atoms with Crippen molar-refractivity contribution in [2.75, 3.05) is 6.54 Å². The van der Waals surface area contributed by atoms with Crippen LogP contribution in [0.2, 0.25) is 0 Å². The Balaban J connectivity index is 3.81. The SMILES string of the molecule is CCCC(CN)C(N)(Cl)Cl. The number of halogens is 2. The maximum Gasteiger partial charge on any atom is 0.170 e. The van der Waals surface area contributed by atoms with E-state index < -0.39 is 4.46 Å². The van der Waals surface area contributed by atoms with Gasteiger partial charge < -0.3 is 5.73 Å². The summed E-state index contributed by atoms with van der Waals surface area (Å²) in [7, 11) is 0. The predicted molar refractivity (Wildman–Crippen MR) is 46.1 cm³/mol. The third-order valence-electron chi connectivity index (χ3n) is 1.47. The van der Waals surface area contributed by atoms with E-state index in [1.807, 2.05) is 6.92 Å². The topological polar surface area (TPSA) is 52.0 Å². The van der Waals surface area contributed by atoms with E-state index in [-0.39, 0.29) is 5.92 Å². The van der Waals surface area contributed by atoms with Gasteiger partial charge in [0.05, 0.1) is 0 Å². The van der Waals surface area contributed by atoms with Crippen molar-refractivity contribution in [3.05, 3.63) is 0 Å². The lowest BCUT2D eigenvalue weighted by Gasteiger charge is -2.23. The first-order valence-corrected chi connectivity index (χ1v) is 4.14. The maximum absolute atomic E-state index is 5.64. The predicted octanol–water partition coefficient (Wildman–Crippen LogP) is 1.45. The molecular formula is C6H14Cl2N2. The smallest absolute Gasteiger partial charge is 0.170 e. The Morgan fingerprint density at radius 1 is 1.50 bits per heavy atom. The van der Waals surface area contributed by atoms with Crippen LogP contribution in [0.15, 0.2) is 0 Å². The van der Waals surface area contributed by atoms with E-state index in [0.29, 0.717) is 6.54 Å². The van der Waals surface area contributed by atoms with Crippen molar-refractivity contribution in [1.29, 1.82) is 0 Å². The molecule has 0 heterocycles. The van der Waals surface area contributed by atoms with Crippen LogP contribution in [0.4, 0.5) is 0 Å². The van der Waals surface area contributed by atoms with Gasteiger partial charge in [-0.1, -0.05) is 36.5 Å². The minimum Gasteiger partial charge on any atom is -0.330 e. The third-order valence-corrected chi connectivity index (χ3v) is 2.08. The average Bonchev–Trinajstić information content (AvgIpc) is 1.80. The highest BCUT2D eigenvalue weighted by molar-refractivity contribution is 6.48. The molecule has 0 fully saturated rings. The Kier molecular flexibility index (Phi) is 4.61. The summed E-state index contributed by atoms with van der Waals surface area (Å²) in [5.41, 5.74) is 10.8. The summed E-state index contributed by atoms with van der Waals surface area (Å²) in [4.78, 5) is 0. The van der Waals surface area contributed by atoms with Gasteiger partial charge in [-0.25, -0.2) is 0 Å². The summed E-state index contributed by atoms with van der Waals surface area (Å²) >= 11 is 11.3. The monoisotopic (exact) mass is 184 g/mol. The van der Waals surface area contributed by atoms with Gasteiger partial charge in [-0.3, -0.25) is 5.73 Å². The van der Waals surface area contributed by atoms with Gasteiger partial charge in [0, 0.05) is 5.92 Å². The largest absolute Gasteiger partial charge is 0.330 e. The lowest BCUT2D eigenvalue weighted by molar-refractivity contribution is 0.440. The van der Waals surface area contributed by atoms with Crippen LogP contribution in [-0.4, -0.2) is 11.0 Å². The minimum absolute atomic E-state index is 0.000772. The van der Waals surface area contributed by atoms with Crippen LogP contribution >= 0.6 is 23.2 Å². The van der Waals surface area contributed by atoms with E-state index in [9.17, 15) is 0 Å². The van der Waals surface area contributed by atoms with Gasteiger partial charge in [-0.05, 0) is 13.0 Å². The zero-order chi connectivity index (χ0) is 8.20. The highest BCUT2D eigenvalue weighted by Gasteiger charge is 2.27. The fraction of sp³-hybridized carbons (Fsp3) is 1.00. The molecule has 2 nitrogen and oxygen atoms in total. The van der Waals surface area contributed by atoms with Crippen molar-refractivity contribution in [2.45, 2.75) is 24.2 Å². The molecule has 0 aromatic rings. The number of nitrogens with two attached hydrogens (primary N) is 2. The van der Waals surface area contributed by atoms with E-state index in [1.165, 1.54) is 0 Å². The molecule has 0 aromatic carbocycles. The molecule has 0 amide bonds. The van der Waals surface area contributed by atoms with Crippen molar-refractivity contribution in [3.63, 3.8) is 0 Å². The first-order chi connectivity index (χ1) is 4.52. The second kappa shape index (κ2) is 4.39. The highest BCUT2D eigenvalue weighted by Crippen LogP contribution is 2.26. The molecule has 0 saturated carbocycles. The van der Waals surface area contributed by atoms with Gasteiger partial charge in [0.15, 0.2) is 4.46 Å². The van der Waals surface area contributed by atoms with Crippen LogP contribution in [0.25, 0.3) is 0 Å². The number of alkyl halides is 2. The van der Waals surface area contributed by atoms with Gasteiger partial charge in [0.25, 0.3) is 0 Å². The third kappa shape index (κ3) is 3.62. The maximum atomic E-state index is 5.64. The van der Waals surface area contributed by atoms with Crippen molar-refractivity contribution in [3.8, 4) is 0 Å². The Labute approximate surface area is 71.9 Å². The summed E-state index contributed by atoms with van der Waals surface area (Å²) < 4.78 is -1.16. The molecule has 0 aliphatic carbocycles. The van der Waals surface area contributed by atoms with Crippen LogP contribution in [-0.2, 0) is 0 Å². The molecule has 0 aliphatic heterocycles. The Morgan fingerprint density at radius 2 is 2.00 bits per heavy atom. The van der Waals surface area contributed by atoms with Crippen molar-refractivity contribution in [2.24, 2.45) is 17.4 Å². The highest BCUT2D eigenvalue weighted by atomic mass is 35.5. The number of hydrogen-bond donors (Lipinski definition) is 2. The Morgan fingerprint density at radius 3 is 2.10 bits per heavy atom. The lowest BCUT2D eigenvalue weighted by Crippen LogP contribution is -2.39. The number of rotatable bonds is 4. The van der Waals surface area contributed by atoms with E-state index in [4.69, 9.17) is 34.7 Å². The van der Waals surface area contributed by atoms with E-state index >= 15 is 0 Å². The molecule has 4 heteroatoms. The minimum atomic E-state index is -1.16. The van der Waals surface area contributed by atoms with E-state index in [1.54, 1.807) is 0 Å². The van der Waals surface area contributed by atoms with E-state index in [2.05, 4.69) is 0 Å². The molecule has 4 N–H and O–H groups in total. The lowest BCUT2D eigenvalue weighted by atomic mass is 10.0. The second-order valence-electron chi connectivity index (χ2n) is 2.40. The molecular weight excluding hydrogens is 171 g/mol. The molecule has 1 unspecified atom stereocenters. The molecule has 0 aliphatic rings. The average molecular weight is 185 g/mol. The van der Waals surface area contributed by atoms with Crippen LogP contribution in [0.1, 0.15) is 19.8 Å². The summed E-state index contributed by atoms with van der Waals surface area (Å²) in [6.45, 7) is 2.49. The normalized spacial score (nSPS) is 15.3. The van der Waals surface area contributed by atoms with Crippen molar-refractivity contribution in [1.82, 2.24) is 0 Å². The van der Waals surface area contributed by atoms with E-state index in [0.717, 1.165) is 12.8 Å². The fourth-order valence-corrected chi connectivity index (χ4v) is 1.21. The summed E-state index contributed by atoms with van der Waals surface area (Å²) in [6, 6.07) is 0. The van der Waals surface area contributed by atoms with Gasteiger partial charge in [0.2, 0.25) is 0 Å². The first-order valence-electron chi connectivity index (χ1n) is 3.39. The van der Waals surface area contributed by atoms with Gasteiger partial charge >= 0.3 is 0 Å². The van der Waals surface area contributed by atoms with Crippen LogP contribution in [0.3, 0.4) is 0 Å². The molecule has 1 atom stereocenters. The standard InChI is InChI=1S/C6H14Cl2N2/c1-2-3-5(4-9)6(7,8)10/h5H,2-4,9-10H2,1H3. The van der Waals surface area contributed by atoms with Crippen molar-refractivity contribution >= 4 is 23.2 Å². The molecule has 0 aromatic heterocycles. The molecule has 0 radical (unpaired) electrons. The second-order valence-corrected chi connectivity index (χ2v) is 3.84. The molecule has 62 valence electrons. The molecule has 10 heavy (non-hydrogen) atoms. The van der Waals surface area contributed by atoms with Gasteiger partial charge in [-0.15, -0.1) is 0 Å². The Hall–Kier alpha value is 0.500. The molecule has 0 spiro atoms. The molecule has 0 bridgehead atoms. The summed E-state index contributed by atoms with van der Waals surface area (Å²) in [5, 5.41) is 0. The first kappa shape index (κ1) is 10.5. The molecule has 0 saturated heterocycles. The van der Waals surface area contributed by atoms with Crippen LogP contribution in [0, 0.1) is 5.92 Å². The fourth-order valence-electron chi connectivity index (χ4n) is 0.816. The molecule has 0 rings (SSSR count). The summed E-state index contributed by atoms with van der Waals surface area (Å²) in [6.07, 6.45) is 1.88. The zero-order valence-electron chi connectivity index (χ0n) is 6.11. The van der Waals surface area contributed by atoms with Crippen LogP contribution < -0.4 is 11.5 Å². The Bertz CT molecular complexity index is 90.2. The van der Waals surface area contributed by atoms with Gasteiger partial charge in [-0.2, -0.15) is 0 Å².